The molecule has 0 heterocycles. The van der Waals surface area contributed by atoms with Crippen molar-refractivity contribution in [2.75, 3.05) is 11.9 Å². The van der Waals surface area contributed by atoms with Crippen LogP contribution in [0.3, 0.4) is 0 Å². The smallest absolute Gasteiger partial charge is 0.247 e. The van der Waals surface area contributed by atoms with E-state index in [9.17, 15) is 18.0 Å². The van der Waals surface area contributed by atoms with Crippen molar-refractivity contribution in [3.8, 4) is 0 Å². The molecule has 1 rings (SSSR count). The molecule has 2 amide bonds. The Kier molecular flexibility index (Phi) is 5.19. The molecule has 5 N–H and O–H groups in total. The zero-order valence-electron chi connectivity index (χ0n) is 10.7. The van der Waals surface area contributed by atoms with Crippen LogP contribution in [0.25, 0.3) is 0 Å². The molecule has 110 valence electrons. The second-order valence-corrected chi connectivity index (χ2v) is 5.74. The molecule has 0 radical (unpaired) electrons. The Morgan fingerprint density at radius 2 is 1.85 bits per heavy atom. The minimum absolute atomic E-state index is 0.0664. The van der Waals surface area contributed by atoms with Gasteiger partial charge >= 0.3 is 0 Å². The number of benzene rings is 1. The number of nitrogens with one attached hydrogen (secondary N) is 2. The van der Waals surface area contributed by atoms with Crippen LogP contribution in [0.15, 0.2) is 29.2 Å². The van der Waals surface area contributed by atoms with E-state index in [1.54, 1.807) is 0 Å². The van der Waals surface area contributed by atoms with E-state index in [2.05, 4.69) is 10.0 Å². The van der Waals surface area contributed by atoms with Crippen molar-refractivity contribution in [2.45, 2.75) is 17.9 Å². The number of carbonyl (C=O) groups is 2. The summed E-state index contributed by atoms with van der Waals surface area (Å²) in [7, 11) is -3.86. The van der Waals surface area contributed by atoms with E-state index in [0.29, 0.717) is 5.69 Å². The lowest BCUT2D eigenvalue weighted by Crippen LogP contribution is -2.39. The summed E-state index contributed by atoms with van der Waals surface area (Å²) in [5.74, 6) is -1.29. The van der Waals surface area contributed by atoms with Crippen LogP contribution in [0.5, 0.6) is 0 Å². The summed E-state index contributed by atoms with van der Waals surface area (Å²) < 4.78 is 25.7. The SMILES string of the molecule is CC(=O)Nc1ccc(S(=O)(=O)NCC(O)C(N)=O)cc1. The first kappa shape index (κ1) is 16.1. The standard InChI is InChI=1S/C11H15N3O5S/c1-7(15)14-8-2-4-9(5-3-8)20(18,19)13-6-10(16)11(12)17/h2-5,10,13,16H,6H2,1H3,(H2,12,17)(H,14,15). The Morgan fingerprint density at radius 1 is 1.30 bits per heavy atom. The fourth-order valence-electron chi connectivity index (χ4n) is 1.29. The summed E-state index contributed by atoms with van der Waals surface area (Å²) in [6, 6.07) is 5.40. The van der Waals surface area contributed by atoms with Crippen molar-refractivity contribution in [1.29, 1.82) is 0 Å². The molecule has 0 aliphatic heterocycles. The quantitative estimate of drug-likeness (QED) is 0.521. The van der Waals surface area contributed by atoms with Crippen LogP contribution in [0.1, 0.15) is 6.92 Å². The van der Waals surface area contributed by atoms with Gasteiger partial charge in [0.05, 0.1) is 4.90 Å². The zero-order chi connectivity index (χ0) is 15.3. The summed E-state index contributed by atoms with van der Waals surface area (Å²) in [5.41, 5.74) is 5.26. The minimum Gasteiger partial charge on any atom is -0.382 e. The topological polar surface area (TPSA) is 139 Å². The van der Waals surface area contributed by atoms with Gasteiger partial charge in [-0.25, -0.2) is 13.1 Å². The van der Waals surface area contributed by atoms with E-state index in [-0.39, 0.29) is 10.8 Å². The maximum Gasteiger partial charge on any atom is 0.247 e. The Hall–Kier alpha value is -1.97. The number of sulfonamides is 1. The van der Waals surface area contributed by atoms with Gasteiger partial charge in [0.2, 0.25) is 21.8 Å². The van der Waals surface area contributed by atoms with Gasteiger partial charge in [-0.05, 0) is 24.3 Å². The fourth-order valence-corrected chi connectivity index (χ4v) is 2.33. The fraction of sp³-hybridized carbons (Fsp3) is 0.273. The van der Waals surface area contributed by atoms with Gasteiger partial charge in [-0.15, -0.1) is 0 Å². The van der Waals surface area contributed by atoms with E-state index in [0.717, 1.165) is 0 Å². The molecule has 0 aliphatic rings. The number of carbonyl (C=O) groups excluding carboxylic acids is 2. The van der Waals surface area contributed by atoms with E-state index >= 15 is 0 Å². The third-order valence-electron chi connectivity index (χ3n) is 2.28. The minimum atomic E-state index is -3.86. The lowest BCUT2D eigenvalue weighted by Gasteiger charge is -2.10. The van der Waals surface area contributed by atoms with Gasteiger partial charge in [0.1, 0.15) is 6.10 Å². The van der Waals surface area contributed by atoms with Crippen molar-refractivity contribution in [1.82, 2.24) is 4.72 Å². The van der Waals surface area contributed by atoms with Gasteiger partial charge in [-0.1, -0.05) is 0 Å². The highest BCUT2D eigenvalue weighted by Crippen LogP contribution is 2.13. The molecule has 1 atom stereocenters. The number of anilines is 1. The monoisotopic (exact) mass is 301 g/mol. The highest BCUT2D eigenvalue weighted by molar-refractivity contribution is 7.89. The molecule has 0 spiro atoms. The molecule has 20 heavy (non-hydrogen) atoms. The Bertz CT molecular complexity index is 597. The van der Waals surface area contributed by atoms with Crippen LogP contribution < -0.4 is 15.8 Å². The van der Waals surface area contributed by atoms with Crippen LogP contribution in [-0.2, 0) is 19.6 Å². The second-order valence-electron chi connectivity index (χ2n) is 3.98. The van der Waals surface area contributed by atoms with Crippen molar-refractivity contribution < 1.29 is 23.1 Å². The number of aliphatic hydroxyl groups is 1. The molecule has 1 aromatic carbocycles. The van der Waals surface area contributed by atoms with Crippen molar-refractivity contribution in [2.24, 2.45) is 5.73 Å². The van der Waals surface area contributed by atoms with Gasteiger partial charge < -0.3 is 16.2 Å². The van der Waals surface area contributed by atoms with Crippen LogP contribution in [0.4, 0.5) is 5.69 Å². The predicted octanol–water partition coefficient (Wildman–Crippen LogP) is -1.23. The van der Waals surface area contributed by atoms with E-state index in [1.807, 2.05) is 0 Å². The third kappa shape index (κ3) is 4.61. The Labute approximate surface area is 116 Å². The van der Waals surface area contributed by atoms with E-state index < -0.39 is 28.6 Å². The number of amides is 2. The van der Waals surface area contributed by atoms with Crippen LogP contribution in [0.2, 0.25) is 0 Å². The summed E-state index contributed by atoms with van der Waals surface area (Å²) in [5, 5.41) is 11.6. The number of nitrogens with two attached hydrogens (primary N) is 1. The number of aliphatic hydroxyl groups excluding tert-OH is 1. The van der Waals surface area contributed by atoms with Gasteiger partial charge in [0, 0.05) is 19.2 Å². The average molecular weight is 301 g/mol. The van der Waals surface area contributed by atoms with Crippen molar-refractivity contribution >= 4 is 27.5 Å². The van der Waals surface area contributed by atoms with E-state index in [1.165, 1.54) is 31.2 Å². The molecule has 0 saturated carbocycles. The Balaban J connectivity index is 2.77. The van der Waals surface area contributed by atoms with Crippen molar-refractivity contribution in [3.63, 3.8) is 0 Å². The van der Waals surface area contributed by atoms with Gasteiger partial charge in [-0.3, -0.25) is 9.59 Å². The molecule has 0 aliphatic carbocycles. The number of primary amides is 1. The number of hydrogen-bond acceptors (Lipinski definition) is 5. The molecule has 0 bridgehead atoms. The molecular formula is C11H15N3O5S. The maximum absolute atomic E-state index is 11.8. The molecule has 9 heteroatoms. The number of hydrogen-bond donors (Lipinski definition) is 4. The maximum atomic E-state index is 11.8. The average Bonchev–Trinajstić information content (AvgIpc) is 2.35. The lowest BCUT2D eigenvalue weighted by atomic mass is 10.3. The van der Waals surface area contributed by atoms with Gasteiger partial charge in [0.25, 0.3) is 0 Å². The summed E-state index contributed by atoms with van der Waals surface area (Å²) in [6.45, 7) is 0.822. The third-order valence-corrected chi connectivity index (χ3v) is 3.72. The first-order valence-corrected chi connectivity index (χ1v) is 7.05. The largest absolute Gasteiger partial charge is 0.382 e. The van der Waals surface area contributed by atoms with Gasteiger partial charge in [-0.2, -0.15) is 0 Å². The Morgan fingerprint density at radius 3 is 2.30 bits per heavy atom. The molecule has 0 fully saturated rings. The van der Waals surface area contributed by atoms with Crippen LogP contribution >= 0.6 is 0 Å². The highest BCUT2D eigenvalue weighted by atomic mass is 32.2. The van der Waals surface area contributed by atoms with E-state index in [4.69, 9.17) is 10.8 Å². The van der Waals surface area contributed by atoms with Crippen LogP contribution in [0, 0.1) is 0 Å². The molecule has 0 aromatic heterocycles. The highest BCUT2D eigenvalue weighted by Gasteiger charge is 2.18. The first-order valence-electron chi connectivity index (χ1n) is 5.57. The molecular weight excluding hydrogens is 286 g/mol. The van der Waals surface area contributed by atoms with Gasteiger partial charge in [0.15, 0.2) is 0 Å². The second kappa shape index (κ2) is 6.46. The molecule has 1 aromatic rings. The first-order chi connectivity index (χ1) is 9.22. The summed E-state index contributed by atoms with van der Waals surface area (Å²) in [4.78, 5) is 21.4. The predicted molar refractivity (Wildman–Crippen MR) is 71.1 cm³/mol. The lowest BCUT2D eigenvalue weighted by molar-refractivity contribution is -0.125. The van der Waals surface area contributed by atoms with Crippen LogP contribution in [-0.4, -0.2) is 38.0 Å². The molecule has 1 unspecified atom stereocenters. The van der Waals surface area contributed by atoms with Crippen molar-refractivity contribution in [3.05, 3.63) is 24.3 Å². The summed E-state index contributed by atoms with van der Waals surface area (Å²) in [6.07, 6.45) is -1.59. The molecule has 0 saturated heterocycles. The normalized spacial score (nSPS) is 12.7. The molecule has 8 nitrogen and oxygen atoms in total. The summed E-state index contributed by atoms with van der Waals surface area (Å²) >= 11 is 0. The number of rotatable bonds is 6. The zero-order valence-corrected chi connectivity index (χ0v) is 11.5.